The highest BCUT2D eigenvalue weighted by Gasteiger charge is 2.26. The average molecular weight is 443 g/mol. The standard InChI is InChI=1S/C22H22N2O4S2/c1-4-28-22(27)18-14(3)19(20(26)23-15-8-5-7-13(2)11-15)30-21(18)24-17(25)12-16-9-6-10-29-16/h5-11H,4,12H2,1-3H3,(H,23,26)(H,24,25). The van der Waals surface area contributed by atoms with Gasteiger partial charge in [-0.25, -0.2) is 4.79 Å². The first-order chi connectivity index (χ1) is 14.4. The summed E-state index contributed by atoms with van der Waals surface area (Å²) < 4.78 is 5.15. The number of rotatable bonds is 7. The molecule has 2 N–H and O–H groups in total. The van der Waals surface area contributed by atoms with Gasteiger partial charge in [0.1, 0.15) is 5.00 Å². The summed E-state index contributed by atoms with van der Waals surface area (Å²) in [6.07, 6.45) is 0.196. The summed E-state index contributed by atoms with van der Waals surface area (Å²) in [5, 5.41) is 7.85. The number of carbonyl (C=O) groups excluding carboxylic acids is 3. The van der Waals surface area contributed by atoms with Gasteiger partial charge in [0.25, 0.3) is 5.91 Å². The highest BCUT2D eigenvalue weighted by molar-refractivity contribution is 7.19. The number of carbonyl (C=O) groups is 3. The first-order valence-corrected chi connectivity index (χ1v) is 11.1. The van der Waals surface area contributed by atoms with Gasteiger partial charge >= 0.3 is 5.97 Å². The molecular formula is C22H22N2O4S2. The average Bonchev–Trinajstić information content (AvgIpc) is 3.29. The summed E-state index contributed by atoms with van der Waals surface area (Å²) in [7, 11) is 0. The molecule has 0 unspecified atom stereocenters. The van der Waals surface area contributed by atoms with E-state index in [0.717, 1.165) is 21.8 Å². The Balaban J connectivity index is 1.88. The maximum Gasteiger partial charge on any atom is 0.341 e. The molecule has 2 aromatic heterocycles. The van der Waals surface area contributed by atoms with E-state index in [1.54, 1.807) is 19.9 Å². The molecule has 0 radical (unpaired) electrons. The minimum absolute atomic E-state index is 0.196. The molecule has 8 heteroatoms. The highest BCUT2D eigenvalue weighted by atomic mass is 32.1. The Morgan fingerprint density at radius 1 is 1.07 bits per heavy atom. The fourth-order valence-corrected chi connectivity index (χ4v) is 4.73. The molecule has 1 aromatic carbocycles. The van der Waals surface area contributed by atoms with E-state index in [4.69, 9.17) is 4.74 Å². The molecule has 156 valence electrons. The number of esters is 1. The topological polar surface area (TPSA) is 84.5 Å². The second-order valence-corrected chi connectivity index (χ2v) is 8.66. The third-order valence-corrected chi connectivity index (χ3v) is 6.36. The molecule has 0 saturated heterocycles. The van der Waals surface area contributed by atoms with Crippen molar-refractivity contribution in [1.29, 1.82) is 0 Å². The molecule has 0 aliphatic rings. The molecule has 0 aliphatic carbocycles. The molecule has 3 aromatic rings. The summed E-state index contributed by atoms with van der Waals surface area (Å²) in [5.74, 6) is -1.16. The predicted octanol–water partition coefficient (Wildman–Crippen LogP) is 5.04. The van der Waals surface area contributed by atoms with Gasteiger partial charge in [-0.3, -0.25) is 9.59 Å². The van der Waals surface area contributed by atoms with Crippen LogP contribution in [0.4, 0.5) is 10.7 Å². The Morgan fingerprint density at radius 2 is 1.87 bits per heavy atom. The summed E-state index contributed by atoms with van der Waals surface area (Å²) in [6.45, 7) is 5.52. The summed E-state index contributed by atoms with van der Waals surface area (Å²) >= 11 is 2.55. The van der Waals surface area contributed by atoms with E-state index in [1.165, 1.54) is 11.3 Å². The van der Waals surface area contributed by atoms with Gasteiger partial charge in [0, 0.05) is 10.6 Å². The van der Waals surface area contributed by atoms with Gasteiger partial charge in [-0.2, -0.15) is 0 Å². The lowest BCUT2D eigenvalue weighted by Gasteiger charge is -2.07. The van der Waals surface area contributed by atoms with E-state index < -0.39 is 5.97 Å². The molecule has 2 amide bonds. The van der Waals surface area contributed by atoms with Gasteiger partial charge in [-0.1, -0.05) is 18.2 Å². The lowest BCUT2D eigenvalue weighted by molar-refractivity contribution is -0.115. The predicted molar refractivity (Wildman–Crippen MR) is 121 cm³/mol. The van der Waals surface area contributed by atoms with Crippen LogP contribution in [0.2, 0.25) is 0 Å². The maximum absolute atomic E-state index is 12.9. The van der Waals surface area contributed by atoms with Crippen LogP contribution in [0.15, 0.2) is 41.8 Å². The zero-order valence-electron chi connectivity index (χ0n) is 16.9. The third kappa shape index (κ3) is 5.14. The van der Waals surface area contributed by atoms with E-state index in [9.17, 15) is 14.4 Å². The zero-order chi connectivity index (χ0) is 21.7. The monoisotopic (exact) mass is 442 g/mol. The van der Waals surface area contributed by atoms with E-state index in [-0.39, 0.29) is 30.4 Å². The summed E-state index contributed by atoms with van der Waals surface area (Å²) in [6, 6.07) is 11.2. The SMILES string of the molecule is CCOC(=O)c1c(NC(=O)Cc2cccs2)sc(C(=O)Nc2cccc(C)c2)c1C. The molecule has 2 heterocycles. The van der Waals surface area contributed by atoms with Gasteiger partial charge in [-0.15, -0.1) is 22.7 Å². The van der Waals surface area contributed by atoms with E-state index in [0.29, 0.717) is 21.1 Å². The van der Waals surface area contributed by atoms with Crippen LogP contribution in [0.5, 0.6) is 0 Å². The van der Waals surface area contributed by atoms with Crippen LogP contribution in [0, 0.1) is 13.8 Å². The van der Waals surface area contributed by atoms with Crippen LogP contribution in [0.1, 0.15) is 43.0 Å². The van der Waals surface area contributed by atoms with Crippen molar-refractivity contribution in [2.45, 2.75) is 27.2 Å². The van der Waals surface area contributed by atoms with Crippen molar-refractivity contribution in [1.82, 2.24) is 0 Å². The molecule has 0 saturated carbocycles. The lowest BCUT2D eigenvalue weighted by Crippen LogP contribution is -2.16. The first-order valence-electron chi connectivity index (χ1n) is 9.39. The number of hydrogen-bond donors (Lipinski definition) is 2. The third-order valence-electron chi connectivity index (χ3n) is 4.28. The van der Waals surface area contributed by atoms with Gasteiger partial charge in [0.05, 0.1) is 23.5 Å². The zero-order valence-corrected chi connectivity index (χ0v) is 18.5. The summed E-state index contributed by atoms with van der Waals surface area (Å²) in [5.41, 5.74) is 2.38. The van der Waals surface area contributed by atoms with Gasteiger partial charge in [0.15, 0.2) is 0 Å². The number of nitrogens with one attached hydrogen (secondary N) is 2. The van der Waals surface area contributed by atoms with E-state index >= 15 is 0 Å². The van der Waals surface area contributed by atoms with Gasteiger partial charge in [-0.05, 0) is 55.5 Å². The summed E-state index contributed by atoms with van der Waals surface area (Å²) in [4.78, 5) is 39.1. The number of benzene rings is 1. The smallest absolute Gasteiger partial charge is 0.341 e. The number of amides is 2. The second kappa shape index (κ2) is 9.69. The molecule has 0 spiro atoms. The van der Waals surface area contributed by atoms with Crippen molar-refractivity contribution in [3.8, 4) is 0 Å². The molecule has 0 atom stereocenters. The minimum Gasteiger partial charge on any atom is -0.462 e. The van der Waals surface area contributed by atoms with Crippen LogP contribution >= 0.6 is 22.7 Å². The van der Waals surface area contributed by atoms with Crippen molar-refractivity contribution < 1.29 is 19.1 Å². The Labute approximate surface area is 182 Å². The van der Waals surface area contributed by atoms with Crippen LogP contribution < -0.4 is 10.6 Å². The lowest BCUT2D eigenvalue weighted by atomic mass is 10.1. The Kier molecular flexibility index (Phi) is 7.02. The largest absolute Gasteiger partial charge is 0.462 e. The van der Waals surface area contributed by atoms with Gasteiger partial charge < -0.3 is 15.4 Å². The van der Waals surface area contributed by atoms with Crippen molar-refractivity contribution in [2.24, 2.45) is 0 Å². The number of aryl methyl sites for hydroxylation is 1. The van der Waals surface area contributed by atoms with Crippen LogP contribution in [-0.2, 0) is 16.0 Å². The molecule has 0 fully saturated rings. The Morgan fingerprint density at radius 3 is 2.53 bits per heavy atom. The van der Waals surface area contributed by atoms with Crippen molar-refractivity contribution in [3.63, 3.8) is 0 Å². The maximum atomic E-state index is 12.9. The van der Waals surface area contributed by atoms with E-state index in [2.05, 4.69) is 10.6 Å². The molecule has 0 aliphatic heterocycles. The molecule has 0 bridgehead atoms. The Hall–Kier alpha value is -2.97. The first kappa shape index (κ1) is 21.7. The fourth-order valence-electron chi connectivity index (χ4n) is 2.92. The van der Waals surface area contributed by atoms with Crippen molar-refractivity contribution in [2.75, 3.05) is 17.2 Å². The minimum atomic E-state index is -0.563. The number of ether oxygens (including phenoxy) is 1. The van der Waals surface area contributed by atoms with Gasteiger partial charge in [0.2, 0.25) is 5.91 Å². The second-order valence-electron chi connectivity index (χ2n) is 6.61. The number of anilines is 2. The number of thiophene rings is 2. The number of hydrogen-bond acceptors (Lipinski definition) is 6. The Bertz CT molecular complexity index is 1070. The molecule has 6 nitrogen and oxygen atoms in total. The van der Waals surface area contributed by atoms with Crippen molar-refractivity contribution >= 4 is 51.1 Å². The molecule has 30 heavy (non-hydrogen) atoms. The van der Waals surface area contributed by atoms with Crippen LogP contribution in [0.3, 0.4) is 0 Å². The van der Waals surface area contributed by atoms with Crippen LogP contribution in [0.25, 0.3) is 0 Å². The normalized spacial score (nSPS) is 10.5. The quantitative estimate of drug-likeness (QED) is 0.502. The van der Waals surface area contributed by atoms with E-state index in [1.807, 2.05) is 42.6 Å². The van der Waals surface area contributed by atoms with Crippen LogP contribution in [-0.4, -0.2) is 24.4 Å². The van der Waals surface area contributed by atoms with Crippen molar-refractivity contribution in [3.05, 3.63) is 68.2 Å². The molecular weight excluding hydrogens is 420 g/mol. The highest BCUT2D eigenvalue weighted by Crippen LogP contribution is 2.34. The fraction of sp³-hybridized carbons (Fsp3) is 0.227. The molecule has 3 rings (SSSR count).